The minimum absolute atomic E-state index is 0.183. The third-order valence-corrected chi connectivity index (χ3v) is 4.85. The van der Waals surface area contributed by atoms with E-state index in [9.17, 15) is 19.2 Å². The number of imide groups is 1. The Morgan fingerprint density at radius 2 is 1.97 bits per heavy atom. The molecule has 162 valence electrons. The first kappa shape index (κ1) is 23.3. The number of ether oxygens (including phenoxy) is 2. The number of aliphatic carboxylic acids is 1. The van der Waals surface area contributed by atoms with Crippen LogP contribution in [0, 0.1) is 0 Å². The SMILES string of the molecule is CCCCNC(=O)CN1C(=O)S/C(=C\c2ccc(OCC(=O)O)c(OCC)c2)C1=O. The first-order valence-electron chi connectivity index (χ1n) is 9.49. The van der Waals surface area contributed by atoms with Crippen molar-refractivity contribution in [3.8, 4) is 11.5 Å². The van der Waals surface area contributed by atoms with E-state index in [1.165, 1.54) is 12.1 Å². The van der Waals surface area contributed by atoms with Gasteiger partial charge in [0.25, 0.3) is 11.1 Å². The number of nitrogens with one attached hydrogen (secondary N) is 1. The average molecular weight is 436 g/mol. The van der Waals surface area contributed by atoms with Crippen molar-refractivity contribution in [2.24, 2.45) is 0 Å². The van der Waals surface area contributed by atoms with Crippen LogP contribution in [0.1, 0.15) is 32.3 Å². The van der Waals surface area contributed by atoms with Gasteiger partial charge in [-0.25, -0.2) is 4.79 Å². The maximum absolute atomic E-state index is 12.6. The summed E-state index contributed by atoms with van der Waals surface area (Å²) in [5, 5.41) is 10.9. The number of amides is 3. The second-order valence-corrected chi connectivity index (χ2v) is 7.29. The summed E-state index contributed by atoms with van der Waals surface area (Å²) in [5.41, 5.74) is 0.569. The highest BCUT2D eigenvalue weighted by Gasteiger charge is 2.36. The zero-order valence-electron chi connectivity index (χ0n) is 16.8. The lowest BCUT2D eigenvalue weighted by molar-refractivity contribution is -0.139. The number of carboxylic acid groups (broad SMARTS) is 1. The van der Waals surface area contributed by atoms with Crippen molar-refractivity contribution in [3.63, 3.8) is 0 Å². The van der Waals surface area contributed by atoms with Crippen LogP contribution in [0.15, 0.2) is 23.1 Å². The topological polar surface area (TPSA) is 122 Å². The highest BCUT2D eigenvalue weighted by molar-refractivity contribution is 8.18. The van der Waals surface area contributed by atoms with E-state index in [0.717, 1.165) is 29.5 Å². The smallest absolute Gasteiger partial charge is 0.341 e. The van der Waals surface area contributed by atoms with Gasteiger partial charge >= 0.3 is 5.97 Å². The first-order chi connectivity index (χ1) is 14.3. The number of rotatable bonds is 11. The Labute approximate surface area is 178 Å². The van der Waals surface area contributed by atoms with Crippen molar-refractivity contribution in [3.05, 3.63) is 28.7 Å². The van der Waals surface area contributed by atoms with E-state index in [2.05, 4.69) is 5.32 Å². The van der Waals surface area contributed by atoms with Gasteiger partial charge in [-0.3, -0.25) is 19.3 Å². The third-order valence-electron chi connectivity index (χ3n) is 3.94. The van der Waals surface area contributed by atoms with Gasteiger partial charge in [0.15, 0.2) is 18.1 Å². The van der Waals surface area contributed by atoms with E-state index in [1.807, 2.05) is 6.92 Å². The number of hydrogen-bond acceptors (Lipinski definition) is 7. The number of nitrogens with zero attached hydrogens (tertiary/aromatic N) is 1. The molecule has 1 saturated heterocycles. The first-order valence-corrected chi connectivity index (χ1v) is 10.3. The van der Waals surface area contributed by atoms with Crippen molar-refractivity contribution in [2.75, 3.05) is 26.3 Å². The molecule has 2 N–H and O–H groups in total. The van der Waals surface area contributed by atoms with Crippen molar-refractivity contribution in [1.29, 1.82) is 0 Å². The third kappa shape index (κ3) is 6.51. The predicted octanol–water partition coefficient (Wildman–Crippen LogP) is 2.50. The Morgan fingerprint density at radius 3 is 2.63 bits per heavy atom. The molecule has 0 unspecified atom stereocenters. The van der Waals surface area contributed by atoms with Gasteiger partial charge in [0, 0.05) is 6.54 Å². The molecule has 1 aromatic rings. The maximum atomic E-state index is 12.6. The molecule has 0 aliphatic carbocycles. The Kier molecular flexibility index (Phi) is 8.72. The molecule has 1 heterocycles. The molecule has 1 fully saturated rings. The molecule has 9 nitrogen and oxygen atoms in total. The minimum atomic E-state index is -1.12. The number of hydrogen-bond donors (Lipinski definition) is 2. The van der Waals surface area contributed by atoms with Crippen LogP contribution in [0.2, 0.25) is 0 Å². The van der Waals surface area contributed by atoms with E-state index in [-0.39, 0.29) is 23.1 Å². The molecule has 10 heteroatoms. The van der Waals surface area contributed by atoms with E-state index >= 15 is 0 Å². The summed E-state index contributed by atoms with van der Waals surface area (Å²) in [6, 6.07) is 4.74. The summed E-state index contributed by atoms with van der Waals surface area (Å²) < 4.78 is 10.7. The van der Waals surface area contributed by atoms with E-state index in [4.69, 9.17) is 14.6 Å². The monoisotopic (exact) mass is 436 g/mol. The molecule has 1 aliphatic rings. The zero-order valence-corrected chi connectivity index (χ0v) is 17.6. The van der Waals surface area contributed by atoms with Gasteiger partial charge in [0.2, 0.25) is 5.91 Å². The number of carbonyl (C=O) groups is 4. The highest BCUT2D eigenvalue weighted by atomic mass is 32.2. The quantitative estimate of drug-likeness (QED) is 0.401. The Bertz CT molecular complexity index is 854. The van der Waals surface area contributed by atoms with Gasteiger partial charge in [0.1, 0.15) is 6.54 Å². The number of thioether (sulfide) groups is 1. The second kappa shape index (κ2) is 11.2. The van der Waals surface area contributed by atoms with Crippen LogP contribution in [-0.4, -0.2) is 59.3 Å². The lowest BCUT2D eigenvalue weighted by Crippen LogP contribution is -2.39. The fraction of sp³-hybridized carbons (Fsp3) is 0.400. The van der Waals surface area contributed by atoms with Gasteiger partial charge < -0.3 is 19.9 Å². The molecular formula is C20H24N2O7S. The molecule has 2 rings (SSSR count). The molecule has 1 aromatic carbocycles. The van der Waals surface area contributed by atoms with Gasteiger partial charge in [0.05, 0.1) is 11.5 Å². The highest BCUT2D eigenvalue weighted by Crippen LogP contribution is 2.34. The summed E-state index contributed by atoms with van der Waals surface area (Å²) in [5.74, 6) is -1.46. The molecular weight excluding hydrogens is 412 g/mol. The Hall–Kier alpha value is -3.01. The van der Waals surface area contributed by atoms with Gasteiger partial charge in [-0.1, -0.05) is 19.4 Å². The molecule has 3 amide bonds. The van der Waals surface area contributed by atoms with Crippen molar-refractivity contribution >= 4 is 40.9 Å². The number of carboxylic acids is 1. The van der Waals surface area contributed by atoms with Gasteiger partial charge in [-0.2, -0.15) is 0 Å². The second-order valence-electron chi connectivity index (χ2n) is 6.29. The van der Waals surface area contributed by atoms with Gasteiger partial charge in [-0.15, -0.1) is 0 Å². The van der Waals surface area contributed by atoms with Crippen LogP contribution >= 0.6 is 11.8 Å². The normalized spacial score (nSPS) is 14.9. The number of benzene rings is 1. The number of unbranched alkanes of at least 4 members (excludes halogenated alkanes) is 1. The average Bonchev–Trinajstić information content (AvgIpc) is 2.95. The van der Waals surface area contributed by atoms with Gasteiger partial charge in [-0.05, 0) is 48.9 Å². The summed E-state index contributed by atoms with van der Waals surface area (Å²) >= 11 is 0.753. The van der Waals surface area contributed by atoms with Crippen molar-refractivity contribution in [1.82, 2.24) is 10.2 Å². The van der Waals surface area contributed by atoms with Crippen LogP contribution in [0.4, 0.5) is 4.79 Å². The molecule has 0 saturated carbocycles. The fourth-order valence-corrected chi connectivity index (χ4v) is 3.37. The van der Waals surface area contributed by atoms with Crippen molar-refractivity contribution in [2.45, 2.75) is 26.7 Å². The standard InChI is InChI=1S/C20H24N2O7S/c1-3-5-8-21-17(23)11-22-19(26)16(30-20(22)27)10-13-6-7-14(29-12-18(24)25)15(9-13)28-4-2/h6-7,9-10H,3-5,8,11-12H2,1-2H3,(H,21,23)(H,24,25)/b16-10-. The lowest BCUT2D eigenvalue weighted by Gasteiger charge is -2.12. The van der Waals surface area contributed by atoms with Crippen LogP contribution < -0.4 is 14.8 Å². The molecule has 30 heavy (non-hydrogen) atoms. The number of carbonyl (C=O) groups excluding carboxylic acids is 3. The largest absolute Gasteiger partial charge is 0.490 e. The summed E-state index contributed by atoms with van der Waals surface area (Å²) in [4.78, 5) is 48.5. The fourth-order valence-electron chi connectivity index (χ4n) is 2.53. The Balaban J connectivity index is 2.13. The van der Waals surface area contributed by atoms with Crippen LogP contribution in [0.3, 0.4) is 0 Å². The molecule has 0 atom stereocenters. The van der Waals surface area contributed by atoms with Crippen LogP contribution in [0.5, 0.6) is 11.5 Å². The molecule has 1 aliphatic heterocycles. The Morgan fingerprint density at radius 1 is 1.20 bits per heavy atom. The summed E-state index contributed by atoms with van der Waals surface area (Å²) in [7, 11) is 0. The van der Waals surface area contributed by atoms with E-state index < -0.39 is 23.7 Å². The maximum Gasteiger partial charge on any atom is 0.341 e. The van der Waals surface area contributed by atoms with Crippen LogP contribution in [-0.2, 0) is 14.4 Å². The summed E-state index contributed by atoms with van der Waals surface area (Å²) in [6.45, 7) is 3.75. The van der Waals surface area contributed by atoms with Crippen molar-refractivity contribution < 1.29 is 33.8 Å². The lowest BCUT2D eigenvalue weighted by atomic mass is 10.2. The molecule has 0 aromatic heterocycles. The zero-order chi connectivity index (χ0) is 22.1. The van der Waals surface area contributed by atoms with E-state index in [1.54, 1.807) is 19.1 Å². The van der Waals surface area contributed by atoms with E-state index in [0.29, 0.717) is 24.5 Å². The molecule has 0 spiro atoms. The molecule has 0 bridgehead atoms. The molecule has 0 radical (unpaired) electrons. The van der Waals surface area contributed by atoms with Crippen LogP contribution in [0.25, 0.3) is 6.08 Å². The summed E-state index contributed by atoms with van der Waals surface area (Å²) in [6.07, 6.45) is 3.26. The minimum Gasteiger partial charge on any atom is -0.490 e. The predicted molar refractivity (Wildman–Crippen MR) is 111 cm³/mol.